The molecule has 12 nitrogen and oxygen atoms in total. The molecule has 4 heterocycles. The molecule has 2 aromatic heterocycles. The van der Waals surface area contributed by atoms with Crippen LogP contribution in [0.2, 0.25) is 0 Å². The van der Waals surface area contributed by atoms with E-state index in [1.165, 1.54) is 13.2 Å². The number of carbonyl (C=O) groups is 3. The number of ether oxygens (including phenoxy) is 2. The van der Waals surface area contributed by atoms with Gasteiger partial charge in [-0.1, -0.05) is 44.2 Å². The molecule has 3 N–H and O–H groups in total. The van der Waals surface area contributed by atoms with Gasteiger partial charge in [0.25, 0.3) is 5.92 Å². The van der Waals surface area contributed by atoms with Crippen molar-refractivity contribution >= 4 is 29.1 Å². The van der Waals surface area contributed by atoms with Crippen LogP contribution in [0.1, 0.15) is 108 Å². The summed E-state index contributed by atoms with van der Waals surface area (Å²) in [6, 6.07) is 14.9. The van der Waals surface area contributed by atoms with Crippen LogP contribution in [0.5, 0.6) is 0 Å². The number of hydrogen-bond acceptors (Lipinski definition) is 7. The number of nitrogens with zero attached hydrogens (tertiary/aromatic N) is 4. The van der Waals surface area contributed by atoms with E-state index in [1.807, 2.05) is 74.8 Å². The van der Waals surface area contributed by atoms with Crippen molar-refractivity contribution in [2.24, 2.45) is 17.3 Å². The molecule has 5 atom stereocenters. The topological polar surface area (TPSA) is 146 Å². The molecule has 318 valence electrons. The van der Waals surface area contributed by atoms with Crippen molar-refractivity contribution in [3.05, 3.63) is 83.6 Å². The number of hydrogen-bond donors (Lipinski definition) is 3. The minimum absolute atomic E-state index is 0.0215. The van der Waals surface area contributed by atoms with Crippen molar-refractivity contribution < 1.29 is 32.6 Å². The number of carbonyl (C=O) groups excluding carboxylic acids is 3. The van der Waals surface area contributed by atoms with Gasteiger partial charge in [0.2, 0.25) is 5.91 Å². The number of amides is 3. The minimum Gasteiger partial charge on any atom is -0.453 e. The van der Waals surface area contributed by atoms with Crippen molar-refractivity contribution in [3.63, 3.8) is 0 Å². The van der Waals surface area contributed by atoms with Crippen LogP contribution in [-0.2, 0) is 20.2 Å². The first-order valence-corrected chi connectivity index (χ1v) is 21.4. The Morgan fingerprint density at radius 1 is 0.918 bits per heavy atom. The van der Waals surface area contributed by atoms with Crippen LogP contribution in [0.4, 0.5) is 18.4 Å². The summed E-state index contributed by atoms with van der Waals surface area (Å²) in [5, 5.41) is 2.70. The highest BCUT2D eigenvalue weighted by atomic mass is 19.3. The number of aromatic nitrogens is 4. The Labute approximate surface area is 352 Å². The van der Waals surface area contributed by atoms with Gasteiger partial charge in [0.1, 0.15) is 23.3 Å². The van der Waals surface area contributed by atoms with Crippen molar-refractivity contribution in [2.45, 2.75) is 109 Å². The predicted molar refractivity (Wildman–Crippen MR) is 224 cm³/mol. The summed E-state index contributed by atoms with van der Waals surface area (Å²) < 4.78 is 43.8. The molecule has 2 bridgehead atoms. The molecule has 5 aromatic rings. The zero-order valence-electron chi connectivity index (χ0n) is 35.3. The van der Waals surface area contributed by atoms with E-state index < -0.39 is 23.7 Å². The zero-order valence-corrected chi connectivity index (χ0v) is 35.3. The van der Waals surface area contributed by atoms with E-state index >= 15 is 8.78 Å². The van der Waals surface area contributed by atoms with Crippen LogP contribution in [0.3, 0.4) is 0 Å². The summed E-state index contributed by atoms with van der Waals surface area (Å²) in [6.07, 6.45) is 6.30. The predicted octanol–water partition coefficient (Wildman–Crippen LogP) is 9.64. The largest absolute Gasteiger partial charge is 0.453 e. The molecule has 4 fully saturated rings. The maximum absolute atomic E-state index is 16.6. The Kier molecular flexibility index (Phi) is 8.95. The van der Waals surface area contributed by atoms with Gasteiger partial charge in [-0.25, -0.2) is 19.6 Å². The average Bonchev–Trinajstić information content (AvgIpc) is 3.87. The molecular formula is C47H51F2N7O5. The highest BCUT2D eigenvalue weighted by Gasteiger charge is 2.55. The minimum atomic E-state index is -3.26. The van der Waals surface area contributed by atoms with E-state index in [2.05, 4.69) is 15.3 Å². The molecule has 2 saturated heterocycles. The highest BCUT2D eigenvalue weighted by Crippen LogP contribution is 2.59. The Morgan fingerprint density at radius 2 is 1.61 bits per heavy atom. The molecule has 1 unspecified atom stereocenters. The van der Waals surface area contributed by atoms with E-state index in [9.17, 15) is 14.4 Å². The van der Waals surface area contributed by atoms with Gasteiger partial charge >= 0.3 is 12.2 Å². The maximum atomic E-state index is 16.6. The van der Waals surface area contributed by atoms with Gasteiger partial charge in [-0.3, -0.25) is 9.69 Å². The number of alkyl carbamates (subject to hydrolysis) is 1. The smallest absolute Gasteiger partial charge is 0.411 e. The molecule has 3 aromatic carbocycles. The van der Waals surface area contributed by atoms with Gasteiger partial charge in [-0.05, 0) is 123 Å². The zero-order chi connectivity index (χ0) is 42.7. The standard InChI is InChI=1S/C47H51F2N7O5/c1-24(2)38(54-43(58)60-6)42(57)55-23-46(15-16-46)21-37(55)40-50-22-36(53-40)27-9-13-31-30-12-8-25(18-32(30)47(48,49)33(31)19-27)26-10-14-34-35(20-26)52-41(51-34)39-28-7-11-29(17-28)56(39)44(59)61-45(3,4)5/h8-10,12-14,18-20,22,24,28-29,37-39H,7,11,15-17,21,23H2,1-6H3,(H,50,53)(H,51,52)(H,54,58)/t28-,29?,37-,38-,39-/m0/s1. The highest BCUT2D eigenvalue weighted by molar-refractivity contribution is 5.88. The lowest BCUT2D eigenvalue weighted by Gasteiger charge is -2.35. The number of likely N-dealkylation sites (tertiary alicyclic amines) is 2. The van der Waals surface area contributed by atoms with Gasteiger partial charge in [0.05, 0.1) is 42.1 Å². The lowest BCUT2D eigenvalue weighted by Crippen LogP contribution is -2.51. The first-order valence-electron chi connectivity index (χ1n) is 21.4. The number of H-pyrrole nitrogens is 2. The Balaban J connectivity index is 0.901. The number of fused-ring (bicyclic) bond motifs is 6. The van der Waals surface area contributed by atoms with Crippen molar-refractivity contribution in [3.8, 4) is 33.5 Å². The van der Waals surface area contributed by atoms with Gasteiger partial charge in [-0.2, -0.15) is 8.78 Å². The molecule has 0 radical (unpaired) electrons. The summed E-state index contributed by atoms with van der Waals surface area (Å²) in [5.74, 6) is -2.03. The fourth-order valence-corrected chi connectivity index (χ4v) is 10.4. The van der Waals surface area contributed by atoms with Crippen LogP contribution in [0, 0.1) is 17.3 Å². The fraction of sp³-hybridized carbons (Fsp3) is 0.468. The first-order chi connectivity index (χ1) is 29.0. The second kappa shape index (κ2) is 13.9. The number of alkyl halides is 2. The molecule has 5 aliphatic rings. The third-order valence-electron chi connectivity index (χ3n) is 13.7. The van der Waals surface area contributed by atoms with Crippen molar-refractivity contribution in [2.75, 3.05) is 13.7 Å². The fourth-order valence-electron chi connectivity index (χ4n) is 10.4. The maximum Gasteiger partial charge on any atom is 0.411 e. The van der Waals surface area contributed by atoms with Gasteiger partial charge in [-0.15, -0.1) is 0 Å². The van der Waals surface area contributed by atoms with E-state index in [-0.39, 0.29) is 58.5 Å². The molecule has 3 aliphatic carbocycles. The number of imidazole rings is 2. The van der Waals surface area contributed by atoms with Crippen LogP contribution in [0.25, 0.3) is 44.5 Å². The average molecular weight is 832 g/mol. The van der Waals surface area contributed by atoms with E-state index in [0.717, 1.165) is 60.9 Å². The molecule has 3 amide bonds. The number of nitrogens with one attached hydrogen (secondary N) is 3. The van der Waals surface area contributed by atoms with Gasteiger partial charge < -0.3 is 29.7 Å². The lowest BCUT2D eigenvalue weighted by atomic mass is 9.98. The molecule has 2 aliphatic heterocycles. The summed E-state index contributed by atoms with van der Waals surface area (Å²) in [6.45, 7) is 9.93. The van der Waals surface area contributed by atoms with Crippen LogP contribution < -0.4 is 5.32 Å². The molecule has 2 saturated carbocycles. The normalized spacial score (nSPS) is 23.4. The first kappa shape index (κ1) is 39.4. The number of piperidine rings is 1. The molecule has 10 rings (SSSR count). The Morgan fingerprint density at radius 3 is 2.30 bits per heavy atom. The molecule has 14 heteroatoms. The summed E-state index contributed by atoms with van der Waals surface area (Å²) in [7, 11) is 1.27. The van der Waals surface area contributed by atoms with Crippen molar-refractivity contribution in [1.29, 1.82) is 0 Å². The van der Waals surface area contributed by atoms with Crippen LogP contribution >= 0.6 is 0 Å². The van der Waals surface area contributed by atoms with E-state index in [4.69, 9.17) is 19.4 Å². The molecule has 1 spiro atoms. The second-order valence-corrected chi connectivity index (χ2v) is 19.2. The monoisotopic (exact) mass is 831 g/mol. The van der Waals surface area contributed by atoms with Crippen LogP contribution in [0.15, 0.2) is 60.8 Å². The SMILES string of the molecule is COC(=O)N[C@H](C(=O)N1CC2(CC2)C[C@H]1c1ncc(-c2ccc3c(c2)C(F)(F)c2cc(-c4ccc5nc([C@@H]6[C@H]7CCC(C7)N6C(=O)OC(C)(C)C)[nH]c5c4)ccc2-3)[nH]1)C(C)C. The lowest BCUT2D eigenvalue weighted by molar-refractivity contribution is -0.135. The molecule has 61 heavy (non-hydrogen) atoms. The number of benzene rings is 3. The third kappa shape index (κ3) is 6.64. The number of halogens is 2. The number of methoxy groups -OCH3 is 1. The quantitative estimate of drug-likeness (QED) is 0.148. The third-order valence-corrected chi connectivity index (χ3v) is 13.7. The summed E-state index contributed by atoms with van der Waals surface area (Å²) in [5.41, 5.74) is 4.32. The van der Waals surface area contributed by atoms with Crippen LogP contribution in [-0.4, -0.2) is 79.2 Å². The van der Waals surface area contributed by atoms with Gasteiger partial charge in [0.15, 0.2) is 0 Å². The number of rotatable bonds is 7. The Hall–Kier alpha value is -5.79. The number of aromatic amines is 2. The second-order valence-electron chi connectivity index (χ2n) is 19.2. The van der Waals surface area contributed by atoms with E-state index in [1.54, 1.807) is 24.4 Å². The van der Waals surface area contributed by atoms with Crippen molar-refractivity contribution in [1.82, 2.24) is 35.1 Å². The summed E-state index contributed by atoms with van der Waals surface area (Å²) in [4.78, 5) is 59.6. The summed E-state index contributed by atoms with van der Waals surface area (Å²) >= 11 is 0. The van der Waals surface area contributed by atoms with Gasteiger partial charge in [0, 0.05) is 29.3 Å². The Bertz CT molecular complexity index is 2610. The van der Waals surface area contributed by atoms with E-state index in [0.29, 0.717) is 40.3 Å². The molecular weight excluding hydrogens is 781 g/mol.